The lowest BCUT2D eigenvalue weighted by Crippen LogP contribution is -2.67. The quantitative estimate of drug-likeness (QED) is 0.385. The van der Waals surface area contributed by atoms with Gasteiger partial charge in [-0.15, -0.1) is 0 Å². The fourth-order valence-corrected chi connectivity index (χ4v) is 6.45. The van der Waals surface area contributed by atoms with E-state index in [-0.39, 0.29) is 18.3 Å². The molecule has 3 bridgehead atoms. The molecule has 6 nitrogen and oxygen atoms in total. The number of esters is 1. The molecule has 2 N–H and O–H groups in total. The molecule has 3 aliphatic rings. The van der Waals surface area contributed by atoms with Crippen LogP contribution in [0.5, 0.6) is 0 Å². The molecule has 0 aromatic heterocycles. The van der Waals surface area contributed by atoms with Gasteiger partial charge in [-0.3, -0.25) is 4.55 Å². The van der Waals surface area contributed by atoms with E-state index in [1.54, 1.807) is 0 Å². The number of ether oxygens (including phenoxy) is 1. The Hall–Kier alpha value is -1.08. The van der Waals surface area contributed by atoms with Gasteiger partial charge in [0.05, 0.1) is 12.2 Å². The van der Waals surface area contributed by atoms with Crippen LogP contribution in [-0.4, -0.2) is 53.4 Å². The van der Waals surface area contributed by atoms with Crippen molar-refractivity contribution in [3.05, 3.63) is 0 Å². The lowest BCUT2D eigenvalue weighted by atomic mass is 9.52. The smallest absolute Gasteiger partial charge is 0.430 e. The van der Waals surface area contributed by atoms with Gasteiger partial charge in [0.25, 0.3) is 0 Å². The molecule has 5 unspecified atom stereocenters. The van der Waals surface area contributed by atoms with Gasteiger partial charge in [0, 0.05) is 0 Å². The van der Waals surface area contributed by atoms with Crippen molar-refractivity contribution in [1.82, 2.24) is 0 Å². The van der Waals surface area contributed by atoms with Gasteiger partial charge in [-0.1, -0.05) is 6.42 Å². The highest BCUT2D eigenvalue weighted by atomic mass is 32.2. The molecule has 0 spiro atoms. The van der Waals surface area contributed by atoms with E-state index in [0.717, 1.165) is 12.8 Å². The first kappa shape index (κ1) is 22.6. The van der Waals surface area contributed by atoms with Crippen LogP contribution in [0, 0.1) is 23.7 Å². The monoisotopic (exact) mass is 454 g/mol. The molecule has 3 fully saturated rings. The topological polar surface area (TPSA) is 101 Å². The van der Waals surface area contributed by atoms with E-state index in [1.165, 1.54) is 0 Å². The molecule has 29 heavy (non-hydrogen) atoms. The molecular formula is C16H20F6O6S. The summed E-state index contributed by atoms with van der Waals surface area (Å²) in [6, 6.07) is 0. The van der Waals surface area contributed by atoms with E-state index < -0.39 is 51.3 Å². The van der Waals surface area contributed by atoms with Crippen LogP contribution >= 0.6 is 0 Å². The normalized spacial score (nSPS) is 35.4. The first-order valence-electron chi connectivity index (χ1n) is 9.02. The second kappa shape index (κ2) is 6.71. The molecule has 13 heteroatoms. The summed E-state index contributed by atoms with van der Waals surface area (Å²) >= 11 is 0. The number of carbonyl (C=O) groups is 1. The number of fused-ring (bicyclic) bond motifs is 2. The van der Waals surface area contributed by atoms with Crippen molar-refractivity contribution in [1.29, 1.82) is 0 Å². The van der Waals surface area contributed by atoms with E-state index in [9.17, 15) is 44.7 Å². The van der Waals surface area contributed by atoms with Crippen LogP contribution in [0.15, 0.2) is 0 Å². The van der Waals surface area contributed by atoms with Crippen LogP contribution in [0.4, 0.5) is 26.3 Å². The summed E-state index contributed by atoms with van der Waals surface area (Å²) in [7, 11) is -7.01. The molecule has 0 aromatic rings. The van der Waals surface area contributed by atoms with E-state index in [2.05, 4.69) is 4.74 Å². The summed E-state index contributed by atoms with van der Waals surface area (Å²) in [6.45, 7) is -0.906. The summed E-state index contributed by atoms with van der Waals surface area (Å²) in [5.74, 6) is -3.68. The number of carbonyl (C=O) groups excluding carboxylic acids is 1. The Morgan fingerprint density at radius 2 is 1.62 bits per heavy atom. The average molecular weight is 454 g/mol. The number of alkyl halides is 6. The second-order valence-electron chi connectivity index (χ2n) is 8.45. The Balaban J connectivity index is 1.86. The standard InChI is InChI=1S/C16H20F6O6S/c17-15(18,19)14(16(20,21)22,29(25,26)27)12(23)28-7-10-6-13(24)4-8-1-2-11(10)9(3-8)5-13/h8-11,24H,1-7H2,(H,25,26,27). The Morgan fingerprint density at radius 1 is 1.03 bits per heavy atom. The minimum Gasteiger partial charge on any atom is -0.464 e. The number of aliphatic hydroxyl groups is 1. The van der Waals surface area contributed by atoms with Crippen molar-refractivity contribution in [2.45, 2.75) is 61.2 Å². The highest BCUT2D eigenvalue weighted by Gasteiger charge is 2.84. The number of halogens is 6. The highest BCUT2D eigenvalue weighted by molar-refractivity contribution is 7.88. The Bertz CT molecular complexity index is 760. The molecule has 3 saturated carbocycles. The number of rotatable bonds is 4. The molecule has 0 saturated heterocycles. The summed E-state index contributed by atoms with van der Waals surface area (Å²) in [5, 5.41) is 10.7. The molecular weight excluding hydrogens is 434 g/mol. The number of hydrogen-bond acceptors (Lipinski definition) is 5. The predicted octanol–water partition coefficient (Wildman–Crippen LogP) is 2.86. The number of hydrogen-bond donors (Lipinski definition) is 2. The third-order valence-electron chi connectivity index (χ3n) is 6.61. The van der Waals surface area contributed by atoms with Crippen LogP contribution in [0.1, 0.15) is 38.5 Å². The Labute approximate surface area is 162 Å². The van der Waals surface area contributed by atoms with E-state index in [1.807, 2.05) is 0 Å². The van der Waals surface area contributed by atoms with Crippen molar-refractivity contribution >= 4 is 16.1 Å². The van der Waals surface area contributed by atoms with Gasteiger partial charge in [0.1, 0.15) is 0 Å². The SMILES string of the molecule is O=C(OCC1CC2(O)CC3CCC1C(C3)C2)C(C(F)(F)F)(C(F)(F)F)S(=O)(=O)O. The first-order chi connectivity index (χ1) is 13.0. The molecule has 0 aromatic carbocycles. The minimum absolute atomic E-state index is 0.0153. The fraction of sp³-hybridized carbons (Fsp3) is 0.938. The van der Waals surface area contributed by atoms with Gasteiger partial charge in [0.2, 0.25) is 0 Å². The maximum absolute atomic E-state index is 13.2. The second-order valence-corrected chi connectivity index (χ2v) is 10.0. The van der Waals surface area contributed by atoms with Crippen LogP contribution in [0.3, 0.4) is 0 Å². The van der Waals surface area contributed by atoms with Crippen molar-refractivity contribution in [2.75, 3.05) is 6.61 Å². The summed E-state index contributed by atoms with van der Waals surface area (Å²) in [5.41, 5.74) is -1.13. The fourth-order valence-electron chi connectivity index (χ4n) is 5.60. The van der Waals surface area contributed by atoms with E-state index in [0.29, 0.717) is 25.2 Å². The van der Waals surface area contributed by atoms with E-state index in [4.69, 9.17) is 4.55 Å². The van der Waals surface area contributed by atoms with Crippen molar-refractivity contribution < 1.29 is 54.0 Å². The molecule has 3 rings (SSSR count). The zero-order valence-corrected chi connectivity index (χ0v) is 15.8. The van der Waals surface area contributed by atoms with Gasteiger partial charge in [-0.05, 0) is 55.8 Å². The summed E-state index contributed by atoms with van der Waals surface area (Å²) in [4.78, 5) is 11.9. The largest absolute Gasteiger partial charge is 0.464 e. The van der Waals surface area contributed by atoms with Crippen LogP contribution in [0.2, 0.25) is 0 Å². The molecule has 0 heterocycles. The van der Waals surface area contributed by atoms with Crippen LogP contribution < -0.4 is 0 Å². The predicted molar refractivity (Wildman–Crippen MR) is 84.0 cm³/mol. The van der Waals surface area contributed by atoms with Gasteiger partial charge < -0.3 is 9.84 Å². The van der Waals surface area contributed by atoms with E-state index >= 15 is 0 Å². The van der Waals surface area contributed by atoms with Crippen molar-refractivity contribution in [3.63, 3.8) is 0 Å². The van der Waals surface area contributed by atoms with Crippen molar-refractivity contribution in [3.8, 4) is 0 Å². The lowest BCUT2D eigenvalue weighted by Gasteiger charge is -2.55. The Morgan fingerprint density at radius 3 is 2.14 bits per heavy atom. The molecule has 0 radical (unpaired) electrons. The Kier molecular flexibility index (Phi) is 5.23. The highest BCUT2D eigenvalue weighted by Crippen LogP contribution is 2.56. The third kappa shape index (κ3) is 3.52. The van der Waals surface area contributed by atoms with Crippen LogP contribution in [-0.2, 0) is 19.6 Å². The maximum atomic E-state index is 13.2. The minimum atomic E-state index is -7.01. The van der Waals surface area contributed by atoms with Gasteiger partial charge in [0.15, 0.2) is 0 Å². The lowest BCUT2D eigenvalue weighted by molar-refractivity contribution is -0.269. The zero-order valence-electron chi connectivity index (χ0n) is 15.0. The maximum Gasteiger partial charge on any atom is 0.430 e. The van der Waals surface area contributed by atoms with Gasteiger partial charge >= 0.3 is 33.2 Å². The molecule has 168 valence electrons. The molecule has 0 amide bonds. The van der Waals surface area contributed by atoms with Gasteiger partial charge in [-0.25, -0.2) is 4.79 Å². The first-order valence-corrected chi connectivity index (χ1v) is 10.5. The van der Waals surface area contributed by atoms with Gasteiger partial charge in [-0.2, -0.15) is 34.8 Å². The third-order valence-corrected chi connectivity index (χ3v) is 8.01. The zero-order chi connectivity index (χ0) is 22.0. The molecule has 5 atom stereocenters. The van der Waals surface area contributed by atoms with Crippen LogP contribution in [0.25, 0.3) is 0 Å². The van der Waals surface area contributed by atoms with Crippen molar-refractivity contribution in [2.24, 2.45) is 23.7 Å². The average Bonchev–Trinajstić information content (AvgIpc) is 2.46. The molecule has 0 aliphatic heterocycles. The summed E-state index contributed by atoms with van der Waals surface area (Å²) < 4.78 is 108. The molecule has 3 aliphatic carbocycles. The summed E-state index contributed by atoms with van der Waals surface area (Å²) in [6.07, 6.45) is -10.3.